The molecule has 0 spiro atoms. The predicted molar refractivity (Wildman–Crippen MR) is 389 cm³/mol. The lowest BCUT2D eigenvalue weighted by Gasteiger charge is -2.26. The lowest BCUT2D eigenvalue weighted by molar-refractivity contribution is -0.870. The van der Waals surface area contributed by atoms with Crippen molar-refractivity contribution in [1.29, 1.82) is 0 Å². The van der Waals surface area contributed by atoms with Gasteiger partial charge in [-0.15, -0.1) is 0 Å². The van der Waals surface area contributed by atoms with Gasteiger partial charge in [0.15, 0.2) is 12.4 Å². The molecular formula is C82H145NO8. The average Bonchev–Trinajstić information content (AvgIpc) is 3.46. The van der Waals surface area contributed by atoms with Gasteiger partial charge in [-0.05, 0) is 96.3 Å². The molecule has 0 N–H and O–H groups in total. The molecule has 9 nitrogen and oxygen atoms in total. The molecule has 0 bridgehead atoms. The Kier molecular flexibility index (Phi) is 69.0. The minimum atomic E-state index is -1.62. The number of carbonyl (C=O) groups excluding carboxylic acids is 3. The summed E-state index contributed by atoms with van der Waals surface area (Å²) in [6.45, 7) is 4.67. The van der Waals surface area contributed by atoms with Crippen LogP contribution in [0, 0.1) is 0 Å². The third kappa shape index (κ3) is 73.5. The molecule has 0 saturated carbocycles. The van der Waals surface area contributed by atoms with E-state index in [0.717, 1.165) is 77.0 Å². The van der Waals surface area contributed by atoms with Gasteiger partial charge in [0, 0.05) is 12.8 Å². The second-order valence-electron chi connectivity index (χ2n) is 26.9. The van der Waals surface area contributed by atoms with E-state index in [1.165, 1.54) is 238 Å². The Hall–Kier alpha value is -3.79. The van der Waals surface area contributed by atoms with Gasteiger partial charge in [-0.3, -0.25) is 9.59 Å². The molecule has 2 atom stereocenters. The van der Waals surface area contributed by atoms with E-state index in [-0.39, 0.29) is 32.2 Å². The Balaban J connectivity index is 4.04. The molecular weight excluding hydrogens is 1130 g/mol. The molecule has 0 radical (unpaired) electrons. The number of aliphatic carboxylic acids is 1. The maximum atomic E-state index is 13.0. The predicted octanol–water partition coefficient (Wildman–Crippen LogP) is 23.0. The van der Waals surface area contributed by atoms with E-state index in [1.807, 2.05) is 21.1 Å². The van der Waals surface area contributed by atoms with Gasteiger partial charge in [-0.25, -0.2) is 0 Å². The molecule has 2 unspecified atom stereocenters. The van der Waals surface area contributed by atoms with E-state index < -0.39 is 24.3 Å². The number of carboxylic acid groups (broad SMARTS) is 1. The van der Waals surface area contributed by atoms with E-state index in [4.69, 9.17) is 18.9 Å². The molecule has 0 aliphatic rings. The van der Waals surface area contributed by atoms with Crippen LogP contribution in [0.1, 0.15) is 348 Å². The fraction of sp³-hybridized carbons (Fsp3) is 0.768. The lowest BCUT2D eigenvalue weighted by atomic mass is 10.0. The molecule has 0 rings (SSSR count). The van der Waals surface area contributed by atoms with Crippen molar-refractivity contribution in [2.24, 2.45) is 0 Å². The van der Waals surface area contributed by atoms with Gasteiger partial charge >= 0.3 is 11.9 Å². The summed E-state index contributed by atoms with van der Waals surface area (Å²) in [4.78, 5) is 37.6. The number of hydrogen-bond donors (Lipinski definition) is 0. The number of allylic oxidation sites excluding steroid dienone is 16. The zero-order valence-corrected chi connectivity index (χ0v) is 60.2. The van der Waals surface area contributed by atoms with Crippen molar-refractivity contribution in [3.05, 3.63) is 97.2 Å². The molecule has 0 aliphatic heterocycles. The summed E-state index contributed by atoms with van der Waals surface area (Å²) in [5.74, 6) is -2.27. The monoisotopic (exact) mass is 1270 g/mol. The molecule has 0 aromatic heterocycles. The Morgan fingerprint density at radius 1 is 0.341 bits per heavy atom. The van der Waals surface area contributed by atoms with Crippen molar-refractivity contribution >= 4 is 17.9 Å². The summed E-state index contributed by atoms with van der Waals surface area (Å²) >= 11 is 0. The summed E-state index contributed by atoms with van der Waals surface area (Å²) in [6, 6.07) is 0. The van der Waals surface area contributed by atoms with Crippen LogP contribution in [0.25, 0.3) is 0 Å². The normalized spacial score (nSPS) is 13.2. The van der Waals surface area contributed by atoms with Gasteiger partial charge in [0.2, 0.25) is 0 Å². The van der Waals surface area contributed by atoms with Crippen LogP contribution >= 0.6 is 0 Å². The maximum absolute atomic E-state index is 13.0. The zero-order valence-electron chi connectivity index (χ0n) is 60.2. The van der Waals surface area contributed by atoms with E-state index in [9.17, 15) is 19.5 Å². The summed E-state index contributed by atoms with van der Waals surface area (Å²) < 4.78 is 22.9. The fourth-order valence-electron chi connectivity index (χ4n) is 11.0. The van der Waals surface area contributed by atoms with Crippen molar-refractivity contribution in [1.82, 2.24) is 0 Å². The van der Waals surface area contributed by atoms with Crippen LogP contribution in [0.4, 0.5) is 0 Å². The van der Waals surface area contributed by atoms with Crippen LogP contribution in [-0.4, -0.2) is 82.3 Å². The van der Waals surface area contributed by atoms with Crippen LogP contribution in [0.3, 0.4) is 0 Å². The van der Waals surface area contributed by atoms with Crippen molar-refractivity contribution in [2.45, 2.75) is 360 Å². The van der Waals surface area contributed by atoms with E-state index in [1.54, 1.807) is 0 Å². The van der Waals surface area contributed by atoms with Gasteiger partial charge in [0.1, 0.15) is 13.2 Å². The molecule has 0 aromatic carbocycles. The number of unbranched alkanes of at least 4 members (excludes halogenated alkanes) is 40. The third-order valence-corrected chi connectivity index (χ3v) is 16.8. The maximum Gasteiger partial charge on any atom is 0.306 e. The smallest absolute Gasteiger partial charge is 0.306 e. The Morgan fingerprint density at radius 3 is 0.934 bits per heavy atom. The first-order valence-corrected chi connectivity index (χ1v) is 38.4. The molecule has 526 valence electrons. The molecule has 0 fully saturated rings. The molecule has 0 saturated heterocycles. The standard InChI is InChI=1S/C82H145NO8/c1-6-8-10-12-14-16-18-20-22-24-26-28-30-32-34-36-38-39-40-41-43-45-47-49-51-53-55-57-59-61-63-65-67-69-71-73-80(85)91-78(77-90-82(81(86)87)88-75-74-83(3,4)5)76-89-79(84)72-70-68-66-64-62-60-58-56-54-52-50-48-46-44-42-37-35-33-31-29-27-25-23-21-19-17-15-13-11-9-7-2/h8,10,14,16,19-22,25-28,31-34,78,82H,6-7,9,11-13,15,17-18,23-24,29-30,35-77H2,1-5H3/b10-8-,16-14-,21-19-,22-20-,27-25-,28-26-,33-31-,34-32-. The van der Waals surface area contributed by atoms with Crippen LogP contribution in [-0.2, 0) is 33.3 Å². The second kappa shape index (κ2) is 72.0. The fourth-order valence-corrected chi connectivity index (χ4v) is 11.0. The largest absolute Gasteiger partial charge is 0.545 e. The van der Waals surface area contributed by atoms with E-state index >= 15 is 0 Å². The average molecular weight is 1270 g/mol. The topological polar surface area (TPSA) is 111 Å². The van der Waals surface area contributed by atoms with Crippen LogP contribution in [0.15, 0.2) is 97.2 Å². The molecule has 0 aromatic rings. The first-order chi connectivity index (χ1) is 44.6. The zero-order chi connectivity index (χ0) is 66.1. The highest BCUT2D eigenvalue weighted by Crippen LogP contribution is 2.18. The molecule has 0 amide bonds. The van der Waals surface area contributed by atoms with Gasteiger partial charge in [-0.2, -0.15) is 0 Å². The molecule has 0 aliphatic carbocycles. The van der Waals surface area contributed by atoms with Crippen molar-refractivity contribution in [3.8, 4) is 0 Å². The number of carbonyl (C=O) groups is 3. The van der Waals surface area contributed by atoms with Crippen molar-refractivity contribution < 1.29 is 42.9 Å². The quantitative estimate of drug-likeness (QED) is 0.0195. The Labute approximate surface area is 562 Å². The van der Waals surface area contributed by atoms with Gasteiger partial charge in [0.05, 0.1) is 40.3 Å². The van der Waals surface area contributed by atoms with E-state index in [0.29, 0.717) is 23.9 Å². The number of esters is 2. The summed E-state index contributed by atoms with van der Waals surface area (Å²) in [6.07, 6.45) is 96.5. The highest BCUT2D eigenvalue weighted by molar-refractivity contribution is 5.70. The molecule has 91 heavy (non-hydrogen) atoms. The van der Waals surface area contributed by atoms with Gasteiger partial charge in [-0.1, -0.05) is 336 Å². The second-order valence-corrected chi connectivity index (χ2v) is 26.9. The number of quaternary nitrogens is 1. The number of nitrogens with zero attached hydrogens (tertiary/aromatic N) is 1. The van der Waals surface area contributed by atoms with Gasteiger partial charge < -0.3 is 33.3 Å². The highest BCUT2D eigenvalue weighted by atomic mass is 16.7. The SMILES string of the molecule is CC/C=C\C/C=C\C/C=C\C/C=C\C/C=C\CCCCCCCCCCCCCCCCCCCCCC(=O)OC(COC(=O)CCCCCCCCCCCCCCCCCC/C=C\C/C=C\C/C=C\CCCCCCC)COC(OCC[N+](C)(C)C)C(=O)[O-]. The minimum absolute atomic E-state index is 0.147. The van der Waals surface area contributed by atoms with Crippen LogP contribution in [0.5, 0.6) is 0 Å². The van der Waals surface area contributed by atoms with E-state index in [2.05, 4.69) is 111 Å². The first kappa shape index (κ1) is 87.2. The highest BCUT2D eigenvalue weighted by Gasteiger charge is 2.22. The Bertz CT molecular complexity index is 1820. The van der Waals surface area contributed by atoms with Crippen molar-refractivity contribution in [3.63, 3.8) is 0 Å². The number of rotatable bonds is 71. The summed E-state index contributed by atoms with van der Waals surface area (Å²) in [5, 5.41) is 11.9. The minimum Gasteiger partial charge on any atom is -0.545 e. The van der Waals surface area contributed by atoms with Crippen LogP contribution in [0.2, 0.25) is 0 Å². The Morgan fingerprint density at radius 2 is 0.626 bits per heavy atom. The third-order valence-electron chi connectivity index (χ3n) is 16.8. The summed E-state index contributed by atoms with van der Waals surface area (Å²) in [7, 11) is 5.94. The number of hydrogen-bond acceptors (Lipinski definition) is 8. The summed E-state index contributed by atoms with van der Waals surface area (Å²) in [5.41, 5.74) is 0. The lowest BCUT2D eigenvalue weighted by Crippen LogP contribution is -2.44. The number of carboxylic acids is 1. The first-order valence-electron chi connectivity index (χ1n) is 38.4. The molecule has 0 heterocycles. The van der Waals surface area contributed by atoms with Crippen molar-refractivity contribution in [2.75, 3.05) is 47.5 Å². The number of likely N-dealkylation sites (N-methyl/N-ethyl adjacent to an activating group) is 1. The van der Waals surface area contributed by atoms with Crippen LogP contribution < -0.4 is 5.11 Å². The van der Waals surface area contributed by atoms with Gasteiger partial charge in [0.25, 0.3) is 0 Å². The number of ether oxygens (including phenoxy) is 4. The molecule has 9 heteroatoms.